The van der Waals surface area contributed by atoms with Crippen molar-refractivity contribution in [2.24, 2.45) is 17.3 Å². The Morgan fingerprint density at radius 2 is 1.97 bits per heavy atom. The van der Waals surface area contributed by atoms with Gasteiger partial charge in [0, 0.05) is 33.3 Å². The molecule has 0 N–H and O–H groups in total. The summed E-state index contributed by atoms with van der Waals surface area (Å²) in [6.07, 6.45) is 5.16. The van der Waals surface area contributed by atoms with Crippen LogP contribution in [0.25, 0.3) is 0 Å². The second-order valence-electron chi connectivity index (χ2n) is 12.2. The minimum atomic E-state index is -0.325. The molecule has 6 atom stereocenters. The molecule has 194 valence electrons. The van der Waals surface area contributed by atoms with Crippen molar-refractivity contribution in [1.29, 1.82) is 5.26 Å². The molecule has 4 saturated heterocycles. The van der Waals surface area contributed by atoms with Gasteiger partial charge in [0.25, 0.3) is 0 Å². The van der Waals surface area contributed by atoms with Crippen molar-refractivity contribution in [2.75, 3.05) is 46.4 Å². The summed E-state index contributed by atoms with van der Waals surface area (Å²) in [6.45, 7) is 13.3. The number of carbonyl (C=O) groups excluding carboxylic acids is 1. The molecule has 1 saturated carbocycles. The van der Waals surface area contributed by atoms with Gasteiger partial charge in [-0.05, 0) is 65.8 Å². The molecule has 1 spiro atoms. The summed E-state index contributed by atoms with van der Waals surface area (Å²) >= 11 is 0. The van der Waals surface area contributed by atoms with Crippen LogP contribution in [0.1, 0.15) is 53.4 Å². The lowest BCUT2D eigenvalue weighted by Gasteiger charge is -2.46. The summed E-state index contributed by atoms with van der Waals surface area (Å²) in [5.74, 6) is 0.549. The van der Waals surface area contributed by atoms with E-state index >= 15 is 0 Å². The SMILES string of the molecule is CO[C@H]1C([C@@]2(C)O[C@@H]2CC=C(C)C)[C@]2(CC[C@H]1OC(=O)N1CC(CCN3CC(C)(C#N)C3)C1)CO2. The zero-order valence-electron chi connectivity index (χ0n) is 21.9. The number of hydrogen-bond acceptors (Lipinski definition) is 7. The van der Waals surface area contributed by atoms with E-state index in [-0.39, 0.29) is 46.9 Å². The number of carbonyl (C=O) groups is 1. The summed E-state index contributed by atoms with van der Waals surface area (Å²) in [6, 6.07) is 2.39. The maximum absolute atomic E-state index is 13.0. The van der Waals surface area contributed by atoms with Crippen LogP contribution >= 0.6 is 0 Å². The first-order valence-corrected chi connectivity index (χ1v) is 13.2. The molecular formula is C27H41N3O5. The molecule has 8 nitrogen and oxygen atoms in total. The number of rotatable bonds is 8. The monoisotopic (exact) mass is 487 g/mol. The number of hydrogen-bond donors (Lipinski definition) is 0. The molecule has 0 aromatic carbocycles. The average Bonchev–Trinajstić information content (AvgIpc) is 3.68. The molecule has 4 heterocycles. The van der Waals surface area contributed by atoms with E-state index in [1.165, 1.54) is 5.57 Å². The van der Waals surface area contributed by atoms with Crippen LogP contribution in [-0.2, 0) is 18.9 Å². The van der Waals surface area contributed by atoms with Crippen LogP contribution in [0.5, 0.6) is 0 Å². The fourth-order valence-electron chi connectivity index (χ4n) is 6.71. The van der Waals surface area contributed by atoms with Gasteiger partial charge >= 0.3 is 6.09 Å². The number of epoxide rings is 2. The van der Waals surface area contributed by atoms with Gasteiger partial charge in [-0.15, -0.1) is 0 Å². The third-order valence-corrected chi connectivity index (χ3v) is 8.97. The van der Waals surface area contributed by atoms with Crippen molar-refractivity contribution in [3.63, 3.8) is 0 Å². The lowest BCUT2D eigenvalue weighted by molar-refractivity contribution is -0.124. The van der Waals surface area contributed by atoms with E-state index in [4.69, 9.17) is 24.2 Å². The Morgan fingerprint density at radius 3 is 2.57 bits per heavy atom. The zero-order valence-corrected chi connectivity index (χ0v) is 21.9. The topological polar surface area (TPSA) is 90.9 Å². The second kappa shape index (κ2) is 9.02. The predicted octanol–water partition coefficient (Wildman–Crippen LogP) is 3.37. The lowest BCUT2D eigenvalue weighted by atomic mass is 9.68. The largest absolute Gasteiger partial charge is 0.443 e. The van der Waals surface area contributed by atoms with E-state index in [9.17, 15) is 4.79 Å². The molecule has 1 aliphatic carbocycles. The third-order valence-electron chi connectivity index (χ3n) is 8.97. The van der Waals surface area contributed by atoms with Crippen LogP contribution in [0, 0.1) is 28.6 Å². The summed E-state index contributed by atoms with van der Waals surface area (Å²) in [5, 5.41) is 9.16. The molecule has 1 amide bonds. The van der Waals surface area contributed by atoms with Crippen molar-refractivity contribution < 1.29 is 23.7 Å². The van der Waals surface area contributed by atoms with Crippen molar-refractivity contribution >= 4 is 6.09 Å². The van der Waals surface area contributed by atoms with Crippen LogP contribution in [0.4, 0.5) is 4.79 Å². The molecule has 1 unspecified atom stereocenters. The van der Waals surface area contributed by atoms with Crippen molar-refractivity contribution in [3.8, 4) is 6.07 Å². The number of methoxy groups -OCH3 is 1. The number of likely N-dealkylation sites (tertiary alicyclic amines) is 2. The van der Waals surface area contributed by atoms with Crippen molar-refractivity contribution in [2.45, 2.75) is 82.9 Å². The van der Waals surface area contributed by atoms with E-state index in [1.807, 2.05) is 11.8 Å². The van der Waals surface area contributed by atoms with Gasteiger partial charge < -0.3 is 28.7 Å². The van der Waals surface area contributed by atoms with Crippen LogP contribution in [0.2, 0.25) is 0 Å². The fourth-order valence-corrected chi connectivity index (χ4v) is 6.71. The lowest BCUT2D eigenvalue weighted by Crippen LogP contribution is -2.58. The van der Waals surface area contributed by atoms with Gasteiger partial charge in [0.15, 0.2) is 0 Å². The van der Waals surface area contributed by atoms with Crippen LogP contribution in [0.3, 0.4) is 0 Å². The standard InChI is InChI=1S/C27H41N3O5/c1-18(2)6-7-21-26(4,35-21)23-22(32-5)20(8-10-27(23)17-33-27)34-24(31)30-12-19(13-30)9-11-29-15-25(3,14-28)16-29/h6,19-23H,7-13,15-17H2,1-5H3/t20-,21-,22-,23?,26+,27+/m1/s1. The summed E-state index contributed by atoms with van der Waals surface area (Å²) in [5.41, 5.74) is 0.577. The van der Waals surface area contributed by atoms with E-state index in [0.29, 0.717) is 5.92 Å². The van der Waals surface area contributed by atoms with Crippen LogP contribution in [-0.4, -0.2) is 91.8 Å². The predicted molar refractivity (Wildman–Crippen MR) is 130 cm³/mol. The second-order valence-corrected chi connectivity index (χ2v) is 12.2. The molecule has 0 radical (unpaired) electrons. The Kier molecular flexibility index (Phi) is 6.45. The molecular weight excluding hydrogens is 446 g/mol. The summed E-state index contributed by atoms with van der Waals surface area (Å²) < 4.78 is 24.3. The molecule has 4 aliphatic heterocycles. The van der Waals surface area contributed by atoms with E-state index in [0.717, 1.165) is 65.0 Å². The van der Waals surface area contributed by atoms with E-state index in [2.05, 4.69) is 37.8 Å². The van der Waals surface area contributed by atoms with Gasteiger partial charge in [-0.25, -0.2) is 4.79 Å². The Balaban J connectivity index is 1.12. The van der Waals surface area contributed by atoms with E-state index in [1.54, 1.807) is 7.11 Å². The Bertz CT molecular complexity index is 895. The molecule has 0 aromatic rings. The minimum Gasteiger partial charge on any atom is -0.443 e. The van der Waals surface area contributed by atoms with Crippen LogP contribution in [0.15, 0.2) is 11.6 Å². The van der Waals surface area contributed by atoms with Gasteiger partial charge in [-0.2, -0.15) is 5.26 Å². The van der Waals surface area contributed by atoms with Crippen LogP contribution < -0.4 is 0 Å². The molecule has 8 heteroatoms. The Labute approximate surface area is 209 Å². The van der Waals surface area contributed by atoms with Gasteiger partial charge in [-0.1, -0.05) is 11.6 Å². The molecule has 35 heavy (non-hydrogen) atoms. The first kappa shape index (κ1) is 25.0. The van der Waals surface area contributed by atoms with E-state index < -0.39 is 0 Å². The Hall–Kier alpha value is -1.66. The Morgan fingerprint density at radius 1 is 1.26 bits per heavy atom. The smallest absolute Gasteiger partial charge is 0.410 e. The number of nitrogens with zero attached hydrogens (tertiary/aromatic N) is 3. The highest BCUT2D eigenvalue weighted by Gasteiger charge is 2.72. The highest BCUT2D eigenvalue weighted by Crippen LogP contribution is 2.59. The molecule has 0 aromatic heterocycles. The maximum Gasteiger partial charge on any atom is 0.410 e. The zero-order chi connectivity index (χ0) is 25.0. The summed E-state index contributed by atoms with van der Waals surface area (Å²) in [7, 11) is 1.71. The quantitative estimate of drug-likeness (QED) is 0.383. The van der Waals surface area contributed by atoms with Crippen molar-refractivity contribution in [1.82, 2.24) is 9.80 Å². The number of nitriles is 1. The minimum absolute atomic E-state index is 0.0434. The van der Waals surface area contributed by atoms with Gasteiger partial charge in [-0.3, -0.25) is 0 Å². The summed E-state index contributed by atoms with van der Waals surface area (Å²) in [4.78, 5) is 17.1. The molecule has 0 bridgehead atoms. The van der Waals surface area contributed by atoms with Gasteiger partial charge in [0.05, 0.1) is 30.1 Å². The third kappa shape index (κ3) is 4.73. The van der Waals surface area contributed by atoms with Gasteiger partial charge in [0.1, 0.15) is 23.4 Å². The molecule has 5 fully saturated rings. The molecule has 5 rings (SSSR count). The number of ether oxygens (including phenoxy) is 4. The number of allylic oxidation sites excluding steroid dienone is 1. The fraction of sp³-hybridized carbons (Fsp3) is 0.852. The first-order chi connectivity index (χ1) is 16.6. The average molecular weight is 488 g/mol. The molecule has 5 aliphatic rings. The van der Waals surface area contributed by atoms with Crippen molar-refractivity contribution in [3.05, 3.63) is 11.6 Å². The highest BCUT2D eigenvalue weighted by atomic mass is 16.6. The normalized spacial score (nSPS) is 39.8. The number of amides is 1. The van der Waals surface area contributed by atoms with Gasteiger partial charge in [0.2, 0.25) is 0 Å². The maximum atomic E-state index is 13.0. The highest BCUT2D eigenvalue weighted by molar-refractivity contribution is 5.69. The first-order valence-electron chi connectivity index (χ1n) is 13.2.